The van der Waals surface area contributed by atoms with Crippen molar-refractivity contribution in [2.75, 3.05) is 0 Å². The van der Waals surface area contributed by atoms with Gasteiger partial charge in [0, 0.05) is 0 Å². The van der Waals surface area contributed by atoms with Crippen LogP contribution < -0.4 is 0 Å². The van der Waals surface area contributed by atoms with Gasteiger partial charge >= 0.3 is 0 Å². The first kappa shape index (κ1) is 25.1. The van der Waals surface area contributed by atoms with Crippen molar-refractivity contribution in [2.24, 2.45) is 35.5 Å². The molecular formula is C36H44. The van der Waals surface area contributed by atoms with Crippen LogP contribution in [0.2, 0.25) is 0 Å². The highest BCUT2D eigenvalue weighted by Gasteiger charge is 2.57. The molecule has 2 aromatic carbocycles. The molecule has 1 saturated carbocycles. The quantitative estimate of drug-likeness (QED) is 0.355. The molecule has 0 heterocycles. The zero-order chi connectivity index (χ0) is 25.4. The molecule has 8 aliphatic rings. The van der Waals surface area contributed by atoms with Crippen LogP contribution in [0.4, 0.5) is 0 Å². The molecule has 0 aromatic heterocycles. The van der Waals surface area contributed by atoms with Gasteiger partial charge in [-0.15, -0.1) is 0 Å². The van der Waals surface area contributed by atoms with Crippen LogP contribution in [-0.2, 0) is 0 Å². The monoisotopic (exact) mass is 476 g/mol. The Morgan fingerprint density at radius 2 is 0.583 bits per heavy atom. The maximum atomic E-state index is 2.53. The zero-order valence-corrected chi connectivity index (χ0v) is 23.0. The second-order valence-corrected chi connectivity index (χ2v) is 12.7. The maximum absolute atomic E-state index is 2.53. The van der Waals surface area contributed by atoms with Crippen molar-refractivity contribution in [2.45, 2.75) is 65.2 Å². The molecule has 0 amide bonds. The van der Waals surface area contributed by atoms with Gasteiger partial charge in [0.05, 0.1) is 0 Å². The molecule has 188 valence electrons. The fourth-order valence-electron chi connectivity index (χ4n) is 7.52. The first-order valence-corrected chi connectivity index (χ1v) is 14.3. The summed E-state index contributed by atoms with van der Waals surface area (Å²) in [6.45, 7) is 13.0. The minimum absolute atomic E-state index is 0.560. The van der Waals surface area contributed by atoms with Gasteiger partial charge in [0.25, 0.3) is 0 Å². The van der Waals surface area contributed by atoms with Gasteiger partial charge in [-0.05, 0) is 81.4 Å². The van der Waals surface area contributed by atoms with Crippen LogP contribution in [0.15, 0.2) is 97.1 Å². The van der Waals surface area contributed by atoms with Crippen molar-refractivity contribution in [3.63, 3.8) is 0 Å². The normalized spacial score (nSPS) is 33.3. The molecule has 8 aliphatic carbocycles. The van der Waals surface area contributed by atoms with Crippen LogP contribution in [0, 0.1) is 35.5 Å². The van der Waals surface area contributed by atoms with Gasteiger partial charge in [0.15, 0.2) is 0 Å². The third-order valence-corrected chi connectivity index (χ3v) is 8.31. The van der Waals surface area contributed by atoms with E-state index in [1.54, 1.807) is 22.3 Å². The topological polar surface area (TPSA) is 0 Å². The van der Waals surface area contributed by atoms with Crippen LogP contribution in [0.5, 0.6) is 0 Å². The third-order valence-electron chi connectivity index (χ3n) is 8.31. The summed E-state index contributed by atoms with van der Waals surface area (Å²) in [6.07, 6.45) is 19.3. The Balaban J connectivity index is 0.000000296. The van der Waals surface area contributed by atoms with Crippen LogP contribution in [0.25, 0.3) is 0 Å². The van der Waals surface area contributed by atoms with E-state index in [1.807, 2.05) is 0 Å². The lowest BCUT2D eigenvalue weighted by molar-refractivity contribution is 0.136. The summed E-state index contributed by atoms with van der Waals surface area (Å²) < 4.78 is 0. The Morgan fingerprint density at radius 3 is 0.778 bits per heavy atom. The van der Waals surface area contributed by atoms with Gasteiger partial charge in [0.1, 0.15) is 0 Å². The van der Waals surface area contributed by atoms with Crippen molar-refractivity contribution in [3.8, 4) is 0 Å². The van der Waals surface area contributed by atoms with Crippen molar-refractivity contribution >= 4 is 0 Å². The zero-order valence-electron chi connectivity index (χ0n) is 23.0. The Kier molecular flexibility index (Phi) is 7.25. The van der Waals surface area contributed by atoms with Crippen molar-refractivity contribution in [1.82, 2.24) is 0 Å². The Hall–Kier alpha value is -2.60. The Morgan fingerprint density at radius 1 is 0.389 bits per heavy atom. The summed E-state index contributed by atoms with van der Waals surface area (Å²) in [6, 6.07) is 18.8. The lowest BCUT2D eigenvalue weighted by Gasteiger charge is -2.59. The number of hydrogen-bond acceptors (Lipinski definition) is 0. The van der Waals surface area contributed by atoms with Gasteiger partial charge in [-0.25, -0.2) is 0 Å². The number of hydrogen-bond donors (Lipinski definition) is 0. The van der Waals surface area contributed by atoms with E-state index in [2.05, 4.69) is 139 Å². The Labute approximate surface area is 219 Å². The third kappa shape index (κ3) is 4.38. The summed E-state index contributed by atoms with van der Waals surface area (Å²) in [5, 5.41) is 0. The highest BCUT2D eigenvalue weighted by atomic mass is 14.6. The van der Waals surface area contributed by atoms with Gasteiger partial charge in [-0.2, -0.15) is 0 Å². The molecule has 8 atom stereocenters. The number of rotatable bonds is 0. The lowest BCUT2D eigenvalue weighted by Crippen LogP contribution is -2.48. The van der Waals surface area contributed by atoms with E-state index < -0.39 is 0 Å². The highest BCUT2D eigenvalue weighted by molar-refractivity contribution is 5.54. The van der Waals surface area contributed by atoms with Crippen molar-refractivity contribution in [1.29, 1.82) is 0 Å². The van der Waals surface area contributed by atoms with Gasteiger partial charge in [-0.1, -0.05) is 139 Å². The van der Waals surface area contributed by atoms with Crippen molar-refractivity contribution < 1.29 is 0 Å². The Bertz CT molecular complexity index is 987. The van der Waals surface area contributed by atoms with E-state index >= 15 is 0 Å². The van der Waals surface area contributed by atoms with Crippen LogP contribution >= 0.6 is 0 Å². The SMILES string of the molecule is C1=CC2C(C=C1)C1c3ccccc3C2C2c3ccccc3C1C1C=CC=CC12.CC(C)C.CC(C)C. The number of benzene rings is 2. The standard InChI is InChI=1S/C28H24.2C4H10/c1-2-10-18-17(9-1)25-19-11-3-4-12-20(19)26(18)28-23-15-7-5-13-21(23)27(25)22-14-6-8-16-24(22)28;2*1-4(2)3/h1-18,21,23,25-28H;2*4H,1-3H3. The molecule has 2 aromatic rings. The maximum Gasteiger partial charge on any atom is -0.00154 e. The minimum atomic E-state index is 0.560. The van der Waals surface area contributed by atoms with Crippen molar-refractivity contribution in [3.05, 3.63) is 119 Å². The van der Waals surface area contributed by atoms with E-state index in [-0.39, 0.29) is 0 Å². The minimum Gasteiger partial charge on any atom is -0.0802 e. The smallest absolute Gasteiger partial charge is 0.00154 e. The summed E-state index contributed by atoms with van der Waals surface area (Å²) in [5.41, 5.74) is 6.50. The average molecular weight is 477 g/mol. The molecule has 0 heteroatoms. The first-order chi connectivity index (χ1) is 17.4. The van der Waals surface area contributed by atoms with E-state index in [1.165, 1.54) is 0 Å². The lowest BCUT2D eigenvalue weighted by atomic mass is 9.44. The predicted octanol–water partition coefficient (Wildman–Crippen LogP) is 9.80. The number of allylic oxidation sites excluding steroid dienone is 8. The fourth-order valence-corrected chi connectivity index (χ4v) is 7.52. The molecule has 8 unspecified atom stereocenters. The van der Waals surface area contributed by atoms with Crippen LogP contribution in [0.3, 0.4) is 0 Å². The molecule has 4 bridgehead atoms. The first-order valence-electron chi connectivity index (χ1n) is 14.3. The molecule has 36 heavy (non-hydrogen) atoms. The molecule has 0 saturated heterocycles. The second kappa shape index (κ2) is 10.4. The summed E-state index contributed by atoms with van der Waals surface area (Å²) in [5.74, 6) is 6.37. The molecule has 0 spiro atoms. The average Bonchev–Trinajstić information content (AvgIpc) is 2.84. The molecule has 0 aliphatic heterocycles. The van der Waals surface area contributed by atoms with E-state index in [9.17, 15) is 0 Å². The molecule has 1 fully saturated rings. The molecule has 10 rings (SSSR count). The van der Waals surface area contributed by atoms with E-state index in [0.717, 1.165) is 11.8 Å². The molecule has 0 N–H and O–H groups in total. The van der Waals surface area contributed by atoms with E-state index in [0.29, 0.717) is 47.3 Å². The summed E-state index contributed by atoms with van der Waals surface area (Å²) in [4.78, 5) is 0. The molecular weight excluding hydrogens is 432 g/mol. The van der Waals surface area contributed by atoms with Crippen LogP contribution in [-0.4, -0.2) is 0 Å². The molecule has 0 nitrogen and oxygen atoms in total. The van der Waals surface area contributed by atoms with Gasteiger partial charge in [0.2, 0.25) is 0 Å². The summed E-state index contributed by atoms with van der Waals surface area (Å²) in [7, 11) is 0. The van der Waals surface area contributed by atoms with E-state index in [4.69, 9.17) is 0 Å². The fraction of sp³-hybridized carbons (Fsp3) is 0.444. The van der Waals surface area contributed by atoms with Gasteiger partial charge in [-0.3, -0.25) is 0 Å². The molecule has 0 radical (unpaired) electrons. The van der Waals surface area contributed by atoms with Gasteiger partial charge < -0.3 is 0 Å². The second-order valence-electron chi connectivity index (χ2n) is 12.7. The largest absolute Gasteiger partial charge is 0.0802 e. The highest BCUT2D eigenvalue weighted by Crippen LogP contribution is 2.68. The van der Waals surface area contributed by atoms with Crippen LogP contribution in [0.1, 0.15) is 87.5 Å². The summed E-state index contributed by atoms with van der Waals surface area (Å²) >= 11 is 0. The predicted molar refractivity (Wildman–Crippen MR) is 155 cm³/mol.